The molecule has 132 valence electrons. The van der Waals surface area contributed by atoms with Crippen molar-refractivity contribution in [1.29, 1.82) is 0 Å². The molecule has 0 aliphatic rings. The van der Waals surface area contributed by atoms with E-state index in [1.54, 1.807) is 30.3 Å². The number of para-hydroxylation sites is 2. The van der Waals surface area contributed by atoms with E-state index in [0.717, 1.165) is 5.69 Å². The summed E-state index contributed by atoms with van der Waals surface area (Å²) in [7, 11) is 0. The fourth-order valence-electron chi connectivity index (χ4n) is 2.47. The van der Waals surface area contributed by atoms with E-state index in [2.05, 4.69) is 5.32 Å². The second kappa shape index (κ2) is 7.31. The Bertz CT molecular complexity index is 863. The molecule has 0 fully saturated rings. The maximum Gasteiger partial charge on any atom is 0.472 e. The van der Waals surface area contributed by atoms with Crippen molar-refractivity contribution in [2.24, 2.45) is 0 Å². The van der Waals surface area contributed by atoms with Crippen LogP contribution in [0.15, 0.2) is 84.9 Å². The maximum atomic E-state index is 13.0. The quantitative estimate of drug-likeness (QED) is 0.654. The van der Waals surface area contributed by atoms with Crippen molar-refractivity contribution in [3.05, 3.63) is 84.9 Å². The van der Waals surface area contributed by atoms with Crippen LogP contribution in [0.2, 0.25) is 0 Å². The SMILES string of the molecule is O=C(N(c1ccccc1)c1ccc(Nc2ccccc2)cc1)C(F)(F)F. The van der Waals surface area contributed by atoms with Gasteiger partial charge in [-0.05, 0) is 48.5 Å². The van der Waals surface area contributed by atoms with Crippen LogP contribution in [0.25, 0.3) is 0 Å². The van der Waals surface area contributed by atoms with Gasteiger partial charge in [-0.2, -0.15) is 13.2 Å². The summed E-state index contributed by atoms with van der Waals surface area (Å²) in [6.07, 6.45) is -4.98. The first-order chi connectivity index (χ1) is 12.4. The second-order valence-corrected chi connectivity index (χ2v) is 5.51. The smallest absolute Gasteiger partial charge is 0.356 e. The molecule has 0 saturated heterocycles. The van der Waals surface area contributed by atoms with Gasteiger partial charge in [-0.15, -0.1) is 0 Å². The lowest BCUT2D eigenvalue weighted by Crippen LogP contribution is -2.38. The van der Waals surface area contributed by atoms with Crippen molar-refractivity contribution < 1.29 is 18.0 Å². The lowest BCUT2D eigenvalue weighted by atomic mass is 10.2. The lowest BCUT2D eigenvalue weighted by Gasteiger charge is -2.24. The number of amides is 1. The number of benzene rings is 3. The van der Waals surface area contributed by atoms with Crippen molar-refractivity contribution in [2.45, 2.75) is 6.18 Å². The summed E-state index contributed by atoms with van der Waals surface area (Å²) < 4.78 is 39.1. The first-order valence-corrected chi connectivity index (χ1v) is 7.83. The van der Waals surface area contributed by atoms with Crippen LogP contribution in [-0.2, 0) is 4.79 Å². The highest BCUT2D eigenvalue weighted by Gasteiger charge is 2.43. The molecule has 0 aliphatic heterocycles. The average Bonchev–Trinajstić information content (AvgIpc) is 2.64. The maximum absolute atomic E-state index is 13.0. The molecular weight excluding hydrogens is 341 g/mol. The molecule has 3 nitrogen and oxygen atoms in total. The number of carbonyl (C=O) groups is 1. The summed E-state index contributed by atoms with van der Waals surface area (Å²) in [6.45, 7) is 0. The third-order valence-corrected chi connectivity index (χ3v) is 3.65. The van der Waals surface area contributed by atoms with Gasteiger partial charge in [0.1, 0.15) is 0 Å². The van der Waals surface area contributed by atoms with E-state index in [1.807, 2.05) is 30.3 Å². The molecule has 0 aromatic heterocycles. The Morgan fingerprint density at radius 1 is 0.692 bits per heavy atom. The van der Waals surface area contributed by atoms with Crippen LogP contribution >= 0.6 is 0 Å². The number of nitrogens with zero attached hydrogens (tertiary/aromatic N) is 1. The van der Waals surface area contributed by atoms with Gasteiger partial charge in [0.05, 0.1) is 0 Å². The van der Waals surface area contributed by atoms with E-state index in [0.29, 0.717) is 10.6 Å². The van der Waals surface area contributed by atoms with Crippen molar-refractivity contribution in [2.75, 3.05) is 10.2 Å². The predicted octanol–water partition coefficient (Wildman–Crippen LogP) is 5.66. The molecule has 0 saturated carbocycles. The highest BCUT2D eigenvalue weighted by Crippen LogP contribution is 2.32. The van der Waals surface area contributed by atoms with Crippen molar-refractivity contribution >= 4 is 28.7 Å². The molecule has 3 rings (SSSR count). The third kappa shape index (κ3) is 4.03. The van der Waals surface area contributed by atoms with Gasteiger partial charge in [-0.3, -0.25) is 9.69 Å². The standard InChI is InChI=1S/C20H15F3N2O/c21-20(22,23)19(26)25(17-9-5-2-6-10-17)18-13-11-16(12-14-18)24-15-7-3-1-4-8-15/h1-14,24H. The molecule has 0 aliphatic carbocycles. The first kappa shape index (κ1) is 17.5. The summed E-state index contributed by atoms with van der Waals surface area (Å²) in [5.41, 5.74) is 1.84. The van der Waals surface area contributed by atoms with Gasteiger partial charge < -0.3 is 5.32 Å². The zero-order valence-electron chi connectivity index (χ0n) is 13.6. The second-order valence-electron chi connectivity index (χ2n) is 5.51. The molecule has 1 N–H and O–H groups in total. The van der Waals surface area contributed by atoms with Crippen LogP contribution in [0.5, 0.6) is 0 Å². The minimum atomic E-state index is -4.98. The van der Waals surface area contributed by atoms with Crippen molar-refractivity contribution in [3.8, 4) is 0 Å². The Hall–Kier alpha value is -3.28. The number of nitrogens with one attached hydrogen (secondary N) is 1. The molecule has 6 heteroatoms. The monoisotopic (exact) mass is 356 g/mol. The highest BCUT2D eigenvalue weighted by molar-refractivity contribution is 6.03. The first-order valence-electron chi connectivity index (χ1n) is 7.83. The molecule has 0 bridgehead atoms. The largest absolute Gasteiger partial charge is 0.472 e. The van der Waals surface area contributed by atoms with Crippen molar-refractivity contribution in [3.63, 3.8) is 0 Å². The zero-order valence-corrected chi connectivity index (χ0v) is 13.6. The summed E-state index contributed by atoms with van der Waals surface area (Å²) in [5, 5.41) is 3.14. The number of carbonyl (C=O) groups excluding carboxylic acids is 1. The Balaban J connectivity index is 1.91. The van der Waals surface area contributed by atoms with Crippen molar-refractivity contribution in [1.82, 2.24) is 0 Å². The highest BCUT2D eigenvalue weighted by atomic mass is 19.4. The van der Waals surface area contributed by atoms with Crippen LogP contribution in [0.4, 0.5) is 35.9 Å². The molecule has 3 aromatic rings. The Labute approximate surface area is 148 Å². The predicted molar refractivity (Wildman–Crippen MR) is 95.8 cm³/mol. The molecular formula is C20H15F3N2O. The van der Waals surface area contributed by atoms with Crippen LogP contribution in [0.3, 0.4) is 0 Å². The van der Waals surface area contributed by atoms with Crippen LogP contribution in [-0.4, -0.2) is 12.1 Å². The molecule has 0 radical (unpaired) electrons. The van der Waals surface area contributed by atoms with Gasteiger partial charge in [0.15, 0.2) is 0 Å². The van der Waals surface area contributed by atoms with Gasteiger partial charge in [0, 0.05) is 22.7 Å². The zero-order chi connectivity index (χ0) is 18.6. The van der Waals surface area contributed by atoms with Crippen LogP contribution < -0.4 is 10.2 Å². The molecule has 1 amide bonds. The molecule has 26 heavy (non-hydrogen) atoms. The summed E-state index contributed by atoms with van der Waals surface area (Å²) in [4.78, 5) is 12.6. The van der Waals surface area contributed by atoms with Gasteiger partial charge in [0.2, 0.25) is 0 Å². The van der Waals surface area contributed by atoms with Gasteiger partial charge >= 0.3 is 12.1 Å². The molecule has 0 unspecified atom stereocenters. The number of halogens is 3. The normalized spacial score (nSPS) is 11.0. The van der Waals surface area contributed by atoms with E-state index in [-0.39, 0.29) is 11.4 Å². The molecule has 0 spiro atoms. The van der Waals surface area contributed by atoms with E-state index in [1.165, 1.54) is 24.3 Å². The lowest BCUT2D eigenvalue weighted by molar-refractivity contribution is -0.169. The summed E-state index contributed by atoms with van der Waals surface area (Å²) in [5.74, 6) is -1.94. The van der Waals surface area contributed by atoms with E-state index >= 15 is 0 Å². The Morgan fingerprint density at radius 3 is 1.69 bits per heavy atom. The average molecular weight is 356 g/mol. The fourth-order valence-corrected chi connectivity index (χ4v) is 2.47. The summed E-state index contributed by atoms with van der Waals surface area (Å²) in [6, 6.07) is 23.3. The number of hydrogen-bond acceptors (Lipinski definition) is 2. The molecule has 0 heterocycles. The van der Waals surface area contributed by atoms with E-state index in [9.17, 15) is 18.0 Å². The molecule has 0 atom stereocenters. The number of alkyl halides is 3. The Kier molecular flexibility index (Phi) is 4.93. The Morgan fingerprint density at radius 2 is 1.15 bits per heavy atom. The van der Waals surface area contributed by atoms with Gasteiger partial charge in [0.25, 0.3) is 0 Å². The van der Waals surface area contributed by atoms with Gasteiger partial charge in [-0.1, -0.05) is 36.4 Å². The topological polar surface area (TPSA) is 32.3 Å². The minimum Gasteiger partial charge on any atom is -0.356 e. The van der Waals surface area contributed by atoms with Gasteiger partial charge in [-0.25, -0.2) is 0 Å². The minimum absolute atomic E-state index is 0.136. The van der Waals surface area contributed by atoms with Crippen LogP contribution in [0.1, 0.15) is 0 Å². The molecule has 3 aromatic carbocycles. The number of anilines is 4. The number of rotatable bonds is 4. The third-order valence-electron chi connectivity index (χ3n) is 3.65. The van der Waals surface area contributed by atoms with E-state index < -0.39 is 12.1 Å². The van der Waals surface area contributed by atoms with E-state index in [4.69, 9.17) is 0 Å². The fraction of sp³-hybridized carbons (Fsp3) is 0.0500. The van der Waals surface area contributed by atoms with Crippen LogP contribution in [0, 0.1) is 0 Å². The summed E-state index contributed by atoms with van der Waals surface area (Å²) >= 11 is 0. The number of hydrogen-bond donors (Lipinski definition) is 1.